The van der Waals surface area contributed by atoms with Crippen LogP contribution in [0.25, 0.3) is 0 Å². The van der Waals surface area contributed by atoms with Gasteiger partial charge in [-0.15, -0.1) is 0 Å². The molecular formula is C22H28N4O2. The Balaban J connectivity index is 1.70. The van der Waals surface area contributed by atoms with Gasteiger partial charge < -0.3 is 10.2 Å². The summed E-state index contributed by atoms with van der Waals surface area (Å²) in [5.41, 5.74) is 2.14. The van der Waals surface area contributed by atoms with E-state index in [2.05, 4.69) is 21.3 Å². The Morgan fingerprint density at radius 1 is 1.18 bits per heavy atom. The molecule has 3 rings (SSSR count). The molecule has 1 saturated heterocycles. The van der Waals surface area contributed by atoms with Crippen LogP contribution < -0.4 is 5.32 Å². The summed E-state index contributed by atoms with van der Waals surface area (Å²) >= 11 is 0. The lowest BCUT2D eigenvalue weighted by Crippen LogP contribution is -2.37. The number of pyridine rings is 1. The summed E-state index contributed by atoms with van der Waals surface area (Å²) in [4.78, 5) is 33.4. The molecule has 1 aliphatic heterocycles. The van der Waals surface area contributed by atoms with Crippen molar-refractivity contribution in [2.45, 2.75) is 25.8 Å². The zero-order chi connectivity index (χ0) is 19.9. The van der Waals surface area contributed by atoms with Crippen molar-refractivity contribution in [2.75, 3.05) is 33.2 Å². The van der Waals surface area contributed by atoms with Crippen LogP contribution in [-0.2, 0) is 0 Å². The summed E-state index contributed by atoms with van der Waals surface area (Å²) in [6, 6.07) is 11.0. The Kier molecular flexibility index (Phi) is 6.76. The summed E-state index contributed by atoms with van der Waals surface area (Å²) < 4.78 is 0. The fourth-order valence-corrected chi connectivity index (χ4v) is 3.53. The van der Waals surface area contributed by atoms with Gasteiger partial charge in [0.1, 0.15) is 0 Å². The van der Waals surface area contributed by atoms with E-state index in [0.717, 1.165) is 18.7 Å². The van der Waals surface area contributed by atoms with E-state index in [1.165, 1.54) is 12.8 Å². The van der Waals surface area contributed by atoms with Gasteiger partial charge in [0.05, 0.1) is 6.04 Å². The number of likely N-dealkylation sites (tertiary alicyclic amines) is 1. The topological polar surface area (TPSA) is 65.5 Å². The first-order chi connectivity index (χ1) is 13.6. The minimum atomic E-state index is -0.165. The highest BCUT2D eigenvalue weighted by molar-refractivity contribution is 5.99. The van der Waals surface area contributed by atoms with Gasteiger partial charge in [0, 0.05) is 43.7 Å². The molecule has 2 aromatic rings. The Morgan fingerprint density at radius 2 is 1.93 bits per heavy atom. The second-order valence-electron chi connectivity index (χ2n) is 7.16. The maximum atomic E-state index is 12.7. The lowest BCUT2D eigenvalue weighted by Gasteiger charge is -2.28. The van der Waals surface area contributed by atoms with E-state index in [9.17, 15) is 9.59 Å². The molecule has 0 bridgehead atoms. The van der Waals surface area contributed by atoms with Crippen LogP contribution in [0.3, 0.4) is 0 Å². The Morgan fingerprint density at radius 3 is 2.61 bits per heavy atom. The molecule has 0 saturated carbocycles. The minimum Gasteiger partial charge on any atom is -0.350 e. The highest BCUT2D eigenvalue weighted by atomic mass is 16.2. The molecular weight excluding hydrogens is 352 g/mol. The number of nitrogens with one attached hydrogen (secondary N) is 1. The first-order valence-corrected chi connectivity index (χ1v) is 9.88. The smallest absolute Gasteiger partial charge is 0.253 e. The molecule has 1 aromatic carbocycles. The lowest BCUT2D eigenvalue weighted by atomic mass is 10.1. The van der Waals surface area contributed by atoms with E-state index in [4.69, 9.17) is 0 Å². The van der Waals surface area contributed by atoms with Crippen molar-refractivity contribution < 1.29 is 9.59 Å². The van der Waals surface area contributed by atoms with Crippen molar-refractivity contribution in [1.29, 1.82) is 0 Å². The van der Waals surface area contributed by atoms with Crippen molar-refractivity contribution in [3.05, 3.63) is 65.5 Å². The number of benzene rings is 1. The maximum absolute atomic E-state index is 12.7. The summed E-state index contributed by atoms with van der Waals surface area (Å²) in [5.74, 6) is -0.246. The molecule has 1 atom stereocenters. The molecule has 2 amide bonds. The summed E-state index contributed by atoms with van der Waals surface area (Å²) in [6.07, 6.45) is 5.99. The number of amides is 2. The van der Waals surface area contributed by atoms with Gasteiger partial charge in [-0.05, 0) is 62.7 Å². The van der Waals surface area contributed by atoms with E-state index in [1.54, 1.807) is 42.4 Å². The van der Waals surface area contributed by atoms with Crippen molar-refractivity contribution in [3.8, 4) is 0 Å². The third kappa shape index (κ3) is 4.75. The van der Waals surface area contributed by atoms with Gasteiger partial charge in [0.2, 0.25) is 0 Å². The second kappa shape index (κ2) is 9.46. The van der Waals surface area contributed by atoms with Crippen molar-refractivity contribution >= 4 is 11.8 Å². The van der Waals surface area contributed by atoms with E-state index in [1.807, 2.05) is 19.2 Å². The number of hydrogen-bond donors (Lipinski definition) is 1. The van der Waals surface area contributed by atoms with Crippen LogP contribution in [0.4, 0.5) is 0 Å². The predicted molar refractivity (Wildman–Crippen MR) is 109 cm³/mol. The second-order valence-corrected chi connectivity index (χ2v) is 7.16. The third-order valence-corrected chi connectivity index (χ3v) is 5.30. The van der Waals surface area contributed by atoms with Crippen LogP contribution in [0.5, 0.6) is 0 Å². The van der Waals surface area contributed by atoms with E-state index >= 15 is 0 Å². The van der Waals surface area contributed by atoms with Crippen LogP contribution in [0.2, 0.25) is 0 Å². The van der Waals surface area contributed by atoms with Crippen LogP contribution in [0, 0.1) is 0 Å². The minimum absolute atomic E-state index is 0.0811. The average Bonchev–Trinajstić information content (AvgIpc) is 3.28. The molecule has 2 heterocycles. The van der Waals surface area contributed by atoms with Crippen molar-refractivity contribution in [3.63, 3.8) is 0 Å². The largest absolute Gasteiger partial charge is 0.350 e. The average molecular weight is 380 g/mol. The first-order valence-electron chi connectivity index (χ1n) is 9.88. The van der Waals surface area contributed by atoms with Crippen LogP contribution in [0.15, 0.2) is 48.8 Å². The van der Waals surface area contributed by atoms with Crippen molar-refractivity contribution in [2.24, 2.45) is 0 Å². The van der Waals surface area contributed by atoms with Gasteiger partial charge in [-0.3, -0.25) is 19.5 Å². The SMILES string of the molecule is CCN(C)C(=O)c1cccc(C(=O)NCC(c2cccnc2)N2CCCC2)c1. The number of rotatable bonds is 7. The number of carbonyl (C=O) groups is 2. The van der Waals surface area contributed by atoms with Gasteiger partial charge >= 0.3 is 0 Å². The molecule has 6 heteroatoms. The fourth-order valence-electron chi connectivity index (χ4n) is 3.53. The first kappa shape index (κ1) is 20.0. The quantitative estimate of drug-likeness (QED) is 0.802. The third-order valence-electron chi connectivity index (χ3n) is 5.30. The van der Waals surface area contributed by atoms with Gasteiger partial charge in [-0.1, -0.05) is 12.1 Å². The molecule has 1 aromatic heterocycles. The van der Waals surface area contributed by atoms with E-state index in [0.29, 0.717) is 24.2 Å². The lowest BCUT2D eigenvalue weighted by molar-refractivity contribution is 0.0802. The number of nitrogens with zero attached hydrogens (tertiary/aromatic N) is 3. The Bertz CT molecular complexity index is 803. The molecule has 0 aliphatic carbocycles. The number of carbonyl (C=O) groups excluding carboxylic acids is 2. The van der Waals surface area contributed by atoms with Crippen LogP contribution >= 0.6 is 0 Å². The molecule has 1 aliphatic rings. The van der Waals surface area contributed by atoms with Gasteiger partial charge in [0.15, 0.2) is 0 Å². The highest BCUT2D eigenvalue weighted by Crippen LogP contribution is 2.24. The zero-order valence-corrected chi connectivity index (χ0v) is 16.6. The zero-order valence-electron chi connectivity index (χ0n) is 16.6. The normalized spacial score (nSPS) is 15.2. The Hall–Kier alpha value is -2.73. The molecule has 28 heavy (non-hydrogen) atoms. The standard InChI is InChI=1S/C22H28N4O2/c1-3-25(2)22(28)18-9-6-8-17(14-18)21(27)24-16-20(26-12-4-5-13-26)19-10-7-11-23-15-19/h6-11,14-15,20H,3-5,12-13,16H2,1-2H3,(H,24,27). The number of hydrogen-bond acceptors (Lipinski definition) is 4. The molecule has 1 N–H and O–H groups in total. The molecule has 0 radical (unpaired) electrons. The molecule has 1 unspecified atom stereocenters. The molecule has 1 fully saturated rings. The molecule has 6 nitrogen and oxygen atoms in total. The Labute approximate surface area is 166 Å². The molecule has 148 valence electrons. The van der Waals surface area contributed by atoms with Gasteiger partial charge in [-0.2, -0.15) is 0 Å². The van der Waals surface area contributed by atoms with E-state index in [-0.39, 0.29) is 17.9 Å². The summed E-state index contributed by atoms with van der Waals surface area (Å²) in [5, 5.41) is 3.05. The number of aromatic nitrogens is 1. The van der Waals surface area contributed by atoms with Crippen LogP contribution in [-0.4, -0.2) is 59.8 Å². The predicted octanol–water partition coefficient (Wildman–Crippen LogP) is 2.74. The van der Waals surface area contributed by atoms with Crippen LogP contribution in [0.1, 0.15) is 52.1 Å². The molecule has 0 spiro atoms. The maximum Gasteiger partial charge on any atom is 0.253 e. The summed E-state index contributed by atoms with van der Waals surface area (Å²) in [6.45, 7) is 5.12. The van der Waals surface area contributed by atoms with E-state index < -0.39 is 0 Å². The van der Waals surface area contributed by atoms with Gasteiger partial charge in [-0.25, -0.2) is 0 Å². The monoisotopic (exact) mass is 380 g/mol. The fraction of sp³-hybridized carbons (Fsp3) is 0.409. The van der Waals surface area contributed by atoms with Crippen molar-refractivity contribution in [1.82, 2.24) is 20.1 Å². The summed E-state index contributed by atoms with van der Waals surface area (Å²) in [7, 11) is 1.75. The highest BCUT2D eigenvalue weighted by Gasteiger charge is 2.24. The van der Waals surface area contributed by atoms with Gasteiger partial charge in [0.25, 0.3) is 11.8 Å².